The molecule has 165 valence electrons. The first-order valence-electron chi connectivity index (χ1n) is 10.4. The van der Waals surface area contributed by atoms with Crippen LogP contribution in [0.4, 0.5) is 0 Å². The van der Waals surface area contributed by atoms with Crippen LogP contribution in [0.3, 0.4) is 0 Å². The first kappa shape index (κ1) is 27.6. The molecule has 1 aliphatic heterocycles. The summed E-state index contributed by atoms with van der Waals surface area (Å²) < 4.78 is 32.3. The third-order valence-electron chi connectivity index (χ3n) is 4.50. The lowest BCUT2D eigenvalue weighted by molar-refractivity contribution is 0.297. The van der Waals surface area contributed by atoms with Crippen molar-refractivity contribution in [1.82, 2.24) is 0 Å². The molecular formula is C20H35O5Si5. The summed E-state index contributed by atoms with van der Waals surface area (Å²) in [5.41, 5.74) is 0. The van der Waals surface area contributed by atoms with Crippen molar-refractivity contribution in [3.05, 3.63) is 58.9 Å². The van der Waals surface area contributed by atoms with E-state index in [4.69, 9.17) is 20.6 Å². The van der Waals surface area contributed by atoms with Crippen LogP contribution in [0, 0.1) is 0 Å². The average molecular weight is 496 g/mol. The van der Waals surface area contributed by atoms with Crippen molar-refractivity contribution in [2.45, 2.75) is 66.7 Å². The second-order valence-electron chi connectivity index (χ2n) is 6.73. The topological polar surface area (TPSA) is 46.2 Å². The van der Waals surface area contributed by atoms with Gasteiger partial charge in [0, 0.05) is 0 Å². The molecule has 0 aliphatic carbocycles. The summed E-state index contributed by atoms with van der Waals surface area (Å²) in [7, 11) is -9.24. The van der Waals surface area contributed by atoms with E-state index in [1.165, 1.54) is 0 Å². The third-order valence-corrected chi connectivity index (χ3v) is 16.6. The molecule has 1 fully saturated rings. The van der Waals surface area contributed by atoms with Gasteiger partial charge in [0.1, 0.15) is 0 Å². The van der Waals surface area contributed by atoms with Gasteiger partial charge in [-0.2, -0.15) is 0 Å². The molecule has 0 N–H and O–H groups in total. The van der Waals surface area contributed by atoms with Crippen molar-refractivity contribution in [1.29, 1.82) is 0 Å². The van der Waals surface area contributed by atoms with E-state index >= 15 is 0 Å². The molecule has 0 bridgehead atoms. The summed E-state index contributed by atoms with van der Waals surface area (Å²) in [5, 5.41) is 4.71. The predicted octanol–water partition coefficient (Wildman–Crippen LogP) is 5.05. The standard InChI is InChI=1S/C20H35O5Si5/c1-11-16(6)26-21-27(17(7)12-2)23-29(19(9)14-4)25-30(20(10)15-5)24-28(22-26)18(8)13-3/h6-15H2,1-5H3. The Morgan fingerprint density at radius 1 is 0.400 bits per heavy atom. The van der Waals surface area contributed by atoms with Gasteiger partial charge in [0.25, 0.3) is 0 Å². The van der Waals surface area contributed by atoms with Gasteiger partial charge in [0.05, 0.1) is 0 Å². The van der Waals surface area contributed by atoms with Crippen molar-refractivity contribution < 1.29 is 20.6 Å². The maximum absolute atomic E-state index is 6.46. The number of allylic oxidation sites excluding steroid dienone is 5. The van der Waals surface area contributed by atoms with E-state index < -0.39 is 46.4 Å². The van der Waals surface area contributed by atoms with Crippen molar-refractivity contribution >= 4 is 46.4 Å². The van der Waals surface area contributed by atoms with Crippen molar-refractivity contribution in [3.63, 3.8) is 0 Å². The molecule has 1 rings (SSSR count). The van der Waals surface area contributed by atoms with Crippen LogP contribution in [-0.4, -0.2) is 46.4 Å². The van der Waals surface area contributed by atoms with E-state index in [9.17, 15) is 0 Å². The molecule has 5 radical (unpaired) electrons. The van der Waals surface area contributed by atoms with Crippen LogP contribution in [0.5, 0.6) is 0 Å². The third kappa shape index (κ3) is 7.93. The number of hydrogen-bond acceptors (Lipinski definition) is 5. The van der Waals surface area contributed by atoms with Gasteiger partial charge in [0.15, 0.2) is 0 Å². The molecule has 0 aromatic rings. The first-order valence-corrected chi connectivity index (χ1v) is 16.9. The van der Waals surface area contributed by atoms with Gasteiger partial charge >= 0.3 is 46.4 Å². The van der Waals surface area contributed by atoms with Crippen LogP contribution in [0.1, 0.15) is 66.7 Å². The highest BCUT2D eigenvalue weighted by Crippen LogP contribution is 2.24. The summed E-state index contributed by atoms with van der Waals surface area (Å²) in [6, 6.07) is 0. The highest BCUT2D eigenvalue weighted by Gasteiger charge is 2.42. The van der Waals surface area contributed by atoms with Gasteiger partial charge in [0.2, 0.25) is 0 Å². The van der Waals surface area contributed by atoms with E-state index in [-0.39, 0.29) is 0 Å². The largest absolute Gasteiger partial charge is 0.407 e. The lowest BCUT2D eigenvalue weighted by Crippen LogP contribution is -2.51. The minimum absolute atomic E-state index is 0.769. The molecule has 0 spiro atoms. The fourth-order valence-corrected chi connectivity index (χ4v) is 15.3. The lowest BCUT2D eigenvalue weighted by atomic mass is 10.5. The fraction of sp³-hybridized carbons (Fsp3) is 0.500. The summed E-state index contributed by atoms with van der Waals surface area (Å²) >= 11 is 0. The van der Waals surface area contributed by atoms with Gasteiger partial charge in [-0.25, -0.2) is 0 Å². The molecule has 0 amide bonds. The van der Waals surface area contributed by atoms with Crippen molar-refractivity contribution in [3.8, 4) is 0 Å². The minimum Gasteiger partial charge on any atom is -0.407 e. The van der Waals surface area contributed by atoms with E-state index in [1.54, 1.807) is 0 Å². The maximum atomic E-state index is 6.46. The molecule has 0 aromatic heterocycles. The van der Waals surface area contributed by atoms with Crippen molar-refractivity contribution in [2.24, 2.45) is 0 Å². The molecule has 1 saturated heterocycles. The van der Waals surface area contributed by atoms with Crippen LogP contribution in [-0.2, 0) is 20.6 Å². The van der Waals surface area contributed by atoms with Crippen LogP contribution >= 0.6 is 0 Å². The molecule has 1 aliphatic rings. The van der Waals surface area contributed by atoms with Crippen LogP contribution in [0.25, 0.3) is 0 Å². The normalized spacial score (nSPS) is 18.8. The molecule has 30 heavy (non-hydrogen) atoms. The molecule has 0 saturated carbocycles. The quantitative estimate of drug-likeness (QED) is 0.397. The van der Waals surface area contributed by atoms with Crippen LogP contribution in [0.15, 0.2) is 58.9 Å². The average Bonchev–Trinajstić information content (AvgIpc) is 2.77. The summed E-state index contributed by atoms with van der Waals surface area (Å²) in [6.07, 6.45) is 3.85. The van der Waals surface area contributed by atoms with Crippen LogP contribution < -0.4 is 0 Å². The second kappa shape index (κ2) is 13.9. The zero-order chi connectivity index (χ0) is 22.8. The molecular weight excluding hydrogens is 461 g/mol. The highest BCUT2D eigenvalue weighted by atomic mass is 28.5. The summed E-state index contributed by atoms with van der Waals surface area (Å²) in [5.74, 6) is 0. The zero-order valence-electron chi connectivity index (χ0n) is 19.1. The molecule has 0 aromatic carbocycles. The van der Waals surface area contributed by atoms with E-state index in [0.717, 1.165) is 58.1 Å². The maximum Gasteiger partial charge on any atom is 0.399 e. The van der Waals surface area contributed by atoms with Gasteiger partial charge in [-0.3, -0.25) is 0 Å². The Hall–Kier alpha value is -0.416. The SMILES string of the molecule is C=C(CC)[Si]1O[Si](C(=C)CC)O[Si](C(=C)CC)O[Si](C(=C)CC)O[Si](C(=C)CC)O1. The second-order valence-corrected chi connectivity index (χ2v) is 17.2. The Kier molecular flexibility index (Phi) is 12.8. The zero-order valence-corrected chi connectivity index (χ0v) is 24.1. The van der Waals surface area contributed by atoms with Gasteiger partial charge < -0.3 is 20.6 Å². The molecule has 1 heterocycles. The first-order chi connectivity index (χ1) is 14.2. The Labute approximate surface area is 192 Å². The molecule has 5 nitrogen and oxygen atoms in total. The monoisotopic (exact) mass is 495 g/mol. The number of rotatable bonds is 10. The Bertz CT molecular complexity index is 516. The lowest BCUT2D eigenvalue weighted by Gasteiger charge is -2.33. The summed E-state index contributed by atoms with van der Waals surface area (Å²) in [4.78, 5) is 0. The Balaban J connectivity index is 3.45. The predicted molar refractivity (Wildman–Crippen MR) is 131 cm³/mol. The minimum atomic E-state index is -1.85. The van der Waals surface area contributed by atoms with Crippen LogP contribution in [0.2, 0.25) is 0 Å². The smallest absolute Gasteiger partial charge is 0.399 e. The molecule has 0 unspecified atom stereocenters. The number of hydrogen-bond donors (Lipinski definition) is 0. The highest BCUT2D eigenvalue weighted by molar-refractivity contribution is 6.81. The van der Waals surface area contributed by atoms with E-state index in [1.807, 2.05) is 0 Å². The fourth-order valence-electron chi connectivity index (χ4n) is 1.97. The van der Waals surface area contributed by atoms with Gasteiger partial charge in [-0.1, -0.05) is 67.5 Å². The van der Waals surface area contributed by atoms with Gasteiger partial charge in [-0.15, -0.1) is 0 Å². The summed E-state index contributed by atoms with van der Waals surface area (Å²) in [6.45, 7) is 31.3. The van der Waals surface area contributed by atoms with Crippen molar-refractivity contribution in [2.75, 3.05) is 0 Å². The van der Waals surface area contributed by atoms with Gasteiger partial charge in [-0.05, 0) is 58.1 Å². The molecule has 0 atom stereocenters. The Morgan fingerprint density at radius 3 is 0.633 bits per heavy atom. The molecule has 10 heteroatoms. The Morgan fingerprint density at radius 2 is 0.533 bits per heavy atom. The van der Waals surface area contributed by atoms with E-state index in [2.05, 4.69) is 67.5 Å². The van der Waals surface area contributed by atoms with E-state index in [0.29, 0.717) is 0 Å².